The molecule has 0 amide bonds. The summed E-state index contributed by atoms with van der Waals surface area (Å²) in [5.41, 5.74) is 1.27. The Bertz CT molecular complexity index is 425. The maximum absolute atomic E-state index is 4.88. The Kier molecular flexibility index (Phi) is 12.1. The van der Waals surface area contributed by atoms with Crippen LogP contribution in [0.3, 0.4) is 0 Å². The first-order valence-electron chi connectivity index (χ1n) is 10.5. The fourth-order valence-corrected chi connectivity index (χ4v) is 18.9. The fourth-order valence-electron chi connectivity index (χ4n) is 3.55. The van der Waals surface area contributed by atoms with Gasteiger partial charge in [-0.05, 0) is 0 Å². The Morgan fingerprint density at radius 1 is 1.04 bits per heavy atom. The van der Waals surface area contributed by atoms with Crippen molar-refractivity contribution < 1.29 is 0 Å². The van der Waals surface area contributed by atoms with Gasteiger partial charge in [0.05, 0.1) is 0 Å². The predicted molar refractivity (Wildman–Crippen MR) is 113 cm³/mol. The van der Waals surface area contributed by atoms with E-state index < -0.39 is 18.4 Å². The molecule has 4 nitrogen and oxygen atoms in total. The Labute approximate surface area is 160 Å². The topological polar surface area (TPSA) is 52.7 Å². The van der Waals surface area contributed by atoms with Gasteiger partial charge < -0.3 is 0 Å². The van der Waals surface area contributed by atoms with Crippen LogP contribution in [0.25, 0.3) is 0 Å². The van der Waals surface area contributed by atoms with E-state index in [2.05, 4.69) is 49.5 Å². The van der Waals surface area contributed by atoms with E-state index in [1.165, 1.54) is 61.2 Å². The molecule has 0 saturated heterocycles. The van der Waals surface area contributed by atoms with Gasteiger partial charge >= 0.3 is 160 Å². The van der Waals surface area contributed by atoms with Crippen LogP contribution in [-0.2, 0) is 6.54 Å². The number of hydrogen-bond donors (Lipinski definition) is 3. The predicted octanol–water partition coefficient (Wildman–Crippen LogP) is 4.16. The number of unbranched alkanes of at least 4 members (excludes halogenated alkanes) is 3. The van der Waals surface area contributed by atoms with E-state index >= 15 is 0 Å². The Morgan fingerprint density at radius 3 is 2.08 bits per heavy atom. The van der Waals surface area contributed by atoms with E-state index in [1.54, 1.807) is 0 Å². The van der Waals surface area contributed by atoms with E-state index in [4.69, 9.17) is 5.10 Å². The van der Waals surface area contributed by atoms with Gasteiger partial charge in [-0.25, -0.2) is 0 Å². The first-order chi connectivity index (χ1) is 12.1. The monoisotopic (exact) mass is 458 g/mol. The summed E-state index contributed by atoms with van der Waals surface area (Å²) in [4.78, 5) is 0. The Balaban J connectivity index is 2.84. The summed E-state index contributed by atoms with van der Waals surface area (Å²) in [7, 11) is 2.01. The summed E-state index contributed by atoms with van der Waals surface area (Å²) in [6.07, 6.45) is 8.13. The van der Waals surface area contributed by atoms with Crippen molar-refractivity contribution in [2.75, 3.05) is 13.6 Å². The Morgan fingerprint density at radius 2 is 1.60 bits per heavy atom. The van der Waals surface area contributed by atoms with Crippen molar-refractivity contribution in [3.05, 3.63) is 11.8 Å². The molecule has 1 aromatic rings. The van der Waals surface area contributed by atoms with Crippen LogP contribution in [0.15, 0.2) is 6.07 Å². The summed E-state index contributed by atoms with van der Waals surface area (Å²) < 4.78 is 5.97. The van der Waals surface area contributed by atoms with Crippen LogP contribution < -0.4 is 14.3 Å². The number of hydrogen-bond acceptors (Lipinski definition) is 3. The molecular formula is C20H42N4Sn. The first kappa shape index (κ1) is 23.0. The second-order valence-corrected chi connectivity index (χ2v) is 20.7. The van der Waals surface area contributed by atoms with Gasteiger partial charge in [-0.3, -0.25) is 0 Å². The average Bonchev–Trinajstić information content (AvgIpc) is 3.10. The number of rotatable bonds is 15. The molecule has 0 aliphatic rings. The van der Waals surface area contributed by atoms with Crippen molar-refractivity contribution in [1.29, 1.82) is 0 Å². The van der Waals surface area contributed by atoms with Gasteiger partial charge in [-0.15, -0.1) is 0 Å². The normalized spacial score (nSPS) is 13.3. The number of nitrogens with one attached hydrogen (secondary N) is 3. The van der Waals surface area contributed by atoms with E-state index in [9.17, 15) is 0 Å². The van der Waals surface area contributed by atoms with Gasteiger partial charge in [-0.1, -0.05) is 0 Å². The van der Waals surface area contributed by atoms with Crippen molar-refractivity contribution in [3.8, 4) is 0 Å². The van der Waals surface area contributed by atoms with Gasteiger partial charge in [0.2, 0.25) is 0 Å². The summed E-state index contributed by atoms with van der Waals surface area (Å²) in [5.74, 6) is 0. The third-order valence-corrected chi connectivity index (χ3v) is 20.5. The summed E-state index contributed by atoms with van der Waals surface area (Å²) in [5, 5.41) is 15.0. The molecule has 1 unspecified atom stereocenters. The number of likely N-dealkylation sites (N-methyl/N-ethyl adjacent to an activating group) is 1. The molecular weight excluding hydrogens is 415 g/mol. The average molecular weight is 457 g/mol. The third kappa shape index (κ3) is 8.00. The Hall–Kier alpha value is -0.0713. The molecule has 1 rings (SSSR count). The van der Waals surface area contributed by atoms with Crippen LogP contribution in [0.1, 0.15) is 71.9 Å². The van der Waals surface area contributed by atoms with Crippen molar-refractivity contribution in [3.63, 3.8) is 0 Å². The van der Waals surface area contributed by atoms with E-state index in [1.807, 2.05) is 7.05 Å². The van der Waals surface area contributed by atoms with Crippen LogP contribution in [0, 0.1) is 0 Å². The number of nitrogens with zero attached hydrogens (tertiary/aromatic N) is 1. The van der Waals surface area contributed by atoms with Crippen molar-refractivity contribution in [1.82, 2.24) is 20.8 Å². The molecule has 0 spiro atoms. The molecule has 0 aliphatic heterocycles. The van der Waals surface area contributed by atoms with Crippen LogP contribution >= 0.6 is 0 Å². The van der Waals surface area contributed by atoms with Gasteiger partial charge in [0.1, 0.15) is 0 Å². The van der Waals surface area contributed by atoms with Crippen LogP contribution in [0.5, 0.6) is 0 Å². The molecule has 0 saturated carbocycles. The molecule has 1 atom stereocenters. The summed E-state index contributed by atoms with van der Waals surface area (Å²) >= 11 is -2.35. The maximum atomic E-state index is 4.88. The molecule has 0 fully saturated rings. The van der Waals surface area contributed by atoms with Gasteiger partial charge in [0.25, 0.3) is 0 Å². The van der Waals surface area contributed by atoms with E-state index in [-0.39, 0.29) is 0 Å². The number of H-pyrrole nitrogens is 1. The van der Waals surface area contributed by atoms with Gasteiger partial charge in [0.15, 0.2) is 0 Å². The minimum absolute atomic E-state index is 0.499. The fraction of sp³-hybridized carbons (Fsp3) is 0.850. The minimum atomic E-state index is -2.35. The molecule has 0 aromatic carbocycles. The molecule has 5 heteroatoms. The second kappa shape index (κ2) is 13.2. The number of aromatic nitrogens is 2. The zero-order valence-electron chi connectivity index (χ0n) is 17.4. The third-order valence-electron chi connectivity index (χ3n) is 5.46. The molecule has 0 aliphatic carbocycles. The van der Waals surface area contributed by atoms with Gasteiger partial charge in [-0.2, -0.15) is 0 Å². The molecule has 1 heterocycles. The zero-order chi connectivity index (χ0) is 18.5. The van der Waals surface area contributed by atoms with Crippen molar-refractivity contribution in [2.45, 2.75) is 92.1 Å². The quantitative estimate of drug-likeness (QED) is 0.347. The zero-order valence-corrected chi connectivity index (χ0v) is 20.2. The summed E-state index contributed by atoms with van der Waals surface area (Å²) in [6, 6.07) is 2.92. The van der Waals surface area contributed by atoms with Crippen molar-refractivity contribution >= 4 is 22.1 Å². The number of aromatic amines is 1. The standard InChI is InChI=1S/C8H15N4.3C4H9.Sn/c1-7(9-2)5-10-6-8-3-4-11-12-8;3*1-3-4-2;/h3,7,9-10H,5-6H2,1-2H3,(H,11,12);3*1,3-4H2,2H3;. The van der Waals surface area contributed by atoms with Gasteiger partial charge in [0, 0.05) is 0 Å². The molecule has 0 bridgehead atoms. The summed E-state index contributed by atoms with van der Waals surface area (Å²) in [6.45, 7) is 11.1. The van der Waals surface area contributed by atoms with E-state index in [0.29, 0.717) is 6.04 Å². The second-order valence-electron chi connectivity index (χ2n) is 7.69. The molecule has 3 N–H and O–H groups in total. The van der Waals surface area contributed by atoms with Crippen LogP contribution in [-0.4, -0.2) is 48.2 Å². The SMILES string of the molecule is CCC[CH2][Sn]([CH2]CCC)([CH2]CCC)[c]1cc(CNCC(C)NC)[nH]n1. The van der Waals surface area contributed by atoms with Crippen molar-refractivity contribution in [2.24, 2.45) is 0 Å². The van der Waals surface area contributed by atoms with Crippen LogP contribution in [0.4, 0.5) is 0 Å². The van der Waals surface area contributed by atoms with E-state index in [0.717, 1.165) is 13.1 Å². The molecule has 25 heavy (non-hydrogen) atoms. The molecule has 1 aromatic heterocycles. The van der Waals surface area contributed by atoms with Crippen LogP contribution in [0.2, 0.25) is 13.3 Å². The molecule has 146 valence electrons. The first-order valence-corrected chi connectivity index (χ1v) is 18.0. The molecule has 0 radical (unpaired) electrons.